The molecule has 2 atom stereocenters. The fraction of sp³-hybridized carbons (Fsp3) is 0.455. The summed E-state index contributed by atoms with van der Waals surface area (Å²) in [5.74, 6) is 0. The lowest BCUT2D eigenvalue weighted by Crippen LogP contribution is -2.34. The van der Waals surface area contributed by atoms with Crippen molar-refractivity contribution in [3.8, 4) is 0 Å². The summed E-state index contributed by atoms with van der Waals surface area (Å²) in [6.07, 6.45) is 0.0511. The number of rotatable bonds is 3. The van der Waals surface area contributed by atoms with Crippen LogP contribution in [0.5, 0.6) is 0 Å². The van der Waals surface area contributed by atoms with Crippen molar-refractivity contribution >= 4 is 0 Å². The molecule has 0 amide bonds. The highest BCUT2D eigenvalue weighted by molar-refractivity contribution is 5.13. The van der Waals surface area contributed by atoms with Crippen molar-refractivity contribution in [2.45, 2.75) is 18.8 Å². The normalized spacial score (nSPS) is 26.6. The smallest absolute Gasteiger partial charge is 0.0985 e. The van der Waals surface area contributed by atoms with Crippen LogP contribution in [0, 0.1) is 0 Å². The zero-order chi connectivity index (χ0) is 9.80. The summed E-state index contributed by atoms with van der Waals surface area (Å²) in [6.45, 7) is 1.84. The first-order valence-corrected chi connectivity index (χ1v) is 4.85. The van der Waals surface area contributed by atoms with Crippen LogP contribution in [-0.4, -0.2) is 25.4 Å². The molecule has 0 aliphatic carbocycles. The lowest BCUT2D eigenvalue weighted by atomic mass is 10.2. The molecule has 0 radical (unpaired) electrons. The average molecular weight is 193 g/mol. The highest BCUT2D eigenvalue weighted by Gasteiger charge is 2.25. The van der Waals surface area contributed by atoms with Crippen LogP contribution in [0.25, 0.3) is 0 Å². The number of nitrogens with two attached hydrogens (primary N) is 1. The van der Waals surface area contributed by atoms with E-state index in [2.05, 4.69) is 0 Å². The van der Waals surface area contributed by atoms with E-state index in [1.54, 1.807) is 0 Å². The van der Waals surface area contributed by atoms with Crippen LogP contribution in [0.1, 0.15) is 5.56 Å². The number of hydrogen-bond acceptors (Lipinski definition) is 3. The third-order valence-corrected chi connectivity index (χ3v) is 2.38. The third kappa shape index (κ3) is 2.32. The minimum absolute atomic E-state index is 0.0266. The highest BCUT2D eigenvalue weighted by atomic mass is 16.5. The van der Waals surface area contributed by atoms with E-state index < -0.39 is 0 Å². The lowest BCUT2D eigenvalue weighted by Gasteiger charge is -2.14. The van der Waals surface area contributed by atoms with Gasteiger partial charge in [-0.15, -0.1) is 0 Å². The SMILES string of the molecule is N[C@H]1COC[C@@H]1OCc1ccccc1. The van der Waals surface area contributed by atoms with Gasteiger partial charge in [-0.2, -0.15) is 0 Å². The van der Waals surface area contributed by atoms with Crippen LogP contribution in [0.3, 0.4) is 0 Å². The quantitative estimate of drug-likeness (QED) is 0.776. The zero-order valence-corrected chi connectivity index (χ0v) is 8.06. The van der Waals surface area contributed by atoms with Crippen molar-refractivity contribution in [3.05, 3.63) is 35.9 Å². The van der Waals surface area contributed by atoms with Gasteiger partial charge in [0, 0.05) is 0 Å². The molecule has 1 aliphatic rings. The van der Waals surface area contributed by atoms with Crippen LogP contribution in [0.4, 0.5) is 0 Å². The Balaban J connectivity index is 1.82. The maximum absolute atomic E-state index is 5.79. The second kappa shape index (κ2) is 4.55. The molecule has 3 heteroatoms. The standard InChI is InChI=1S/C11H15NO2/c12-10-7-13-8-11(10)14-6-9-4-2-1-3-5-9/h1-5,10-11H,6-8,12H2/t10-,11-/m0/s1. The topological polar surface area (TPSA) is 44.5 Å². The van der Waals surface area contributed by atoms with Gasteiger partial charge in [-0.05, 0) is 5.56 Å². The molecule has 14 heavy (non-hydrogen) atoms. The van der Waals surface area contributed by atoms with Crippen LogP contribution in [-0.2, 0) is 16.1 Å². The van der Waals surface area contributed by atoms with E-state index in [0.29, 0.717) is 19.8 Å². The molecule has 1 fully saturated rings. The highest BCUT2D eigenvalue weighted by Crippen LogP contribution is 2.10. The fourth-order valence-corrected chi connectivity index (χ4v) is 1.50. The number of ether oxygens (including phenoxy) is 2. The van der Waals surface area contributed by atoms with Gasteiger partial charge >= 0.3 is 0 Å². The molecule has 2 rings (SSSR count). The van der Waals surface area contributed by atoms with Gasteiger partial charge in [-0.25, -0.2) is 0 Å². The van der Waals surface area contributed by atoms with E-state index in [1.807, 2.05) is 30.3 Å². The molecule has 1 saturated heterocycles. The van der Waals surface area contributed by atoms with Crippen molar-refractivity contribution in [2.75, 3.05) is 13.2 Å². The second-order valence-corrected chi connectivity index (χ2v) is 3.54. The Kier molecular flexibility index (Phi) is 3.14. The summed E-state index contributed by atoms with van der Waals surface area (Å²) in [5.41, 5.74) is 6.97. The van der Waals surface area contributed by atoms with E-state index in [9.17, 15) is 0 Å². The average Bonchev–Trinajstić information content (AvgIpc) is 2.63. The summed E-state index contributed by atoms with van der Waals surface area (Å²) >= 11 is 0. The number of hydrogen-bond donors (Lipinski definition) is 1. The Hall–Kier alpha value is -0.900. The van der Waals surface area contributed by atoms with Gasteiger partial charge in [-0.3, -0.25) is 0 Å². The Morgan fingerprint density at radius 1 is 1.29 bits per heavy atom. The Morgan fingerprint density at radius 3 is 2.71 bits per heavy atom. The van der Waals surface area contributed by atoms with Crippen LogP contribution < -0.4 is 5.73 Å². The van der Waals surface area contributed by atoms with Gasteiger partial charge in [0.25, 0.3) is 0 Å². The first-order valence-electron chi connectivity index (χ1n) is 4.85. The predicted molar refractivity (Wildman–Crippen MR) is 53.8 cm³/mol. The van der Waals surface area contributed by atoms with Gasteiger partial charge in [0.1, 0.15) is 0 Å². The Bertz CT molecular complexity index is 276. The van der Waals surface area contributed by atoms with Gasteiger partial charge < -0.3 is 15.2 Å². The maximum atomic E-state index is 5.79. The van der Waals surface area contributed by atoms with Crippen molar-refractivity contribution in [1.82, 2.24) is 0 Å². The molecular weight excluding hydrogens is 178 g/mol. The maximum Gasteiger partial charge on any atom is 0.0985 e. The second-order valence-electron chi connectivity index (χ2n) is 3.54. The van der Waals surface area contributed by atoms with Crippen molar-refractivity contribution in [3.63, 3.8) is 0 Å². The molecule has 1 aromatic carbocycles. The van der Waals surface area contributed by atoms with E-state index in [4.69, 9.17) is 15.2 Å². The van der Waals surface area contributed by atoms with Crippen molar-refractivity contribution in [2.24, 2.45) is 5.73 Å². The molecule has 0 bridgehead atoms. The molecular formula is C11H15NO2. The molecule has 2 N–H and O–H groups in total. The fourth-order valence-electron chi connectivity index (χ4n) is 1.50. The summed E-state index contributed by atoms with van der Waals surface area (Å²) in [4.78, 5) is 0. The molecule has 1 aromatic rings. The molecule has 1 heterocycles. The predicted octanol–water partition coefficient (Wildman–Crippen LogP) is 0.929. The largest absolute Gasteiger partial charge is 0.377 e. The molecule has 1 aliphatic heterocycles. The summed E-state index contributed by atoms with van der Waals surface area (Å²) < 4.78 is 10.9. The molecule has 0 saturated carbocycles. The van der Waals surface area contributed by atoms with E-state index >= 15 is 0 Å². The molecule has 3 nitrogen and oxygen atoms in total. The molecule has 76 valence electrons. The van der Waals surface area contributed by atoms with Gasteiger partial charge in [0.05, 0.1) is 32.0 Å². The zero-order valence-electron chi connectivity index (χ0n) is 8.06. The lowest BCUT2D eigenvalue weighted by molar-refractivity contribution is 0.0265. The number of benzene rings is 1. The van der Waals surface area contributed by atoms with E-state index in [1.165, 1.54) is 5.56 Å². The summed E-state index contributed by atoms with van der Waals surface area (Å²) in [6, 6.07) is 10.1. The Morgan fingerprint density at radius 2 is 2.07 bits per heavy atom. The first kappa shape index (κ1) is 9.65. The third-order valence-electron chi connectivity index (χ3n) is 2.38. The van der Waals surface area contributed by atoms with E-state index in [-0.39, 0.29) is 12.1 Å². The van der Waals surface area contributed by atoms with Crippen LogP contribution in [0.2, 0.25) is 0 Å². The minimum atomic E-state index is 0.0266. The van der Waals surface area contributed by atoms with Crippen molar-refractivity contribution in [1.29, 1.82) is 0 Å². The van der Waals surface area contributed by atoms with Gasteiger partial charge in [0.2, 0.25) is 0 Å². The molecule has 0 spiro atoms. The molecule has 0 unspecified atom stereocenters. The van der Waals surface area contributed by atoms with Crippen molar-refractivity contribution < 1.29 is 9.47 Å². The Labute approximate surface area is 83.8 Å². The van der Waals surface area contributed by atoms with Gasteiger partial charge in [-0.1, -0.05) is 30.3 Å². The summed E-state index contributed by atoms with van der Waals surface area (Å²) in [5, 5.41) is 0. The molecule has 0 aromatic heterocycles. The minimum Gasteiger partial charge on any atom is -0.377 e. The monoisotopic (exact) mass is 193 g/mol. The summed E-state index contributed by atoms with van der Waals surface area (Å²) in [7, 11) is 0. The van der Waals surface area contributed by atoms with E-state index in [0.717, 1.165) is 0 Å². The first-order chi connectivity index (χ1) is 6.86. The van der Waals surface area contributed by atoms with Gasteiger partial charge in [0.15, 0.2) is 0 Å². The van der Waals surface area contributed by atoms with Crippen LogP contribution in [0.15, 0.2) is 30.3 Å². The van der Waals surface area contributed by atoms with Crippen LogP contribution >= 0.6 is 0 Å².